The van der Waals surface area contributed by atoms with Crippen molar-refractivity contribution in [3.05, 3.63) is 29.8 Å². The van der Waals surface area contributed by atoms with Crippen molar-refractivity contribution < 1.29 is 9.18 Å². The second kappa shape index (κ2) is 6.95. The summed E-state index contributed by atoms with van der Waals surface area (Å²) in [5, 5.41) is 3.27. The molecule has 116 valence electrons. The lowest BCUT2D eigenvalue weighted by Gasteiger charge is -2.41. The Labute approximate surface area is 125 Å². The van der Waals surface area contributed by atoms with Crippen LogP contribution in [0, 0.1) is 5.82 Å². The fourth-order valence-corrected chi connectivity index (χ4v) is 2.82. The second-order valence-corrected chi connectivity index (χ2v) is 5.52. The molecule has 1 aliphatic rings. The number of aromatic nitrogens is 1. The molecule has 0 radical (unpaired) electrons. The Hall–Kier alpha value is -1.53. The molecule has 2 heterocycles. The van der Waals surface area contributed by atoms with Gasteiger partial charge in [-0.25, -0.2) is 4.39 Å². The molecule has 1 amide bonds. The van der Waals surface area contributed by atoms with E-state index in [2.05, 4.69) is 22.1 Å². The van der Waals surface area contributed by atoms with Crippen LogP contribution in [0.2, 0.25) is 0 Å². The van der Waals surface area contributed by atoms with E-state index in [1.807, 2.05) is 0 Å². The quantitative estimate of drug-likeness (QED) is 0.901. The zero-order valence-electron chi connectivity index (χ0n) is 12.8. The monoisotopic (exact) mass is 294 g/mol. The van der Waals surface area contributed by atoms with Crippen LogP contribution in [-0.4, -0.2) is 60.5 Å². The molecule has 1 fully saturated rings. The topological polar surface area (TPSA) is 48.5 Å². The van der Waals surface area contributed by atoms with E-state index < -0.39 is 0 Å². The van der Waals surface area contributed by atoms with Gasteiger partial charge in [-0.3, -0.25) is 14.7 Å². The molecule has 0 aliphatic carbocycles. The molecule has 6 heteroatoms. The molecule has 0 bridgehead atoms. The third kappa shape index (κ3) is 3.57. The number of carbonyl (C=O) groups excluding carboxylic acids is 1. The predicted molar refractivity (Wildman–Crippen MR) is 79.3 cm³/mol. The summed E-state index contributed by atoms with van der Waals surface area (Å²) in [5.74, 6) is -0.252. The van der Waals surface area contributed by atoms with Gasteiger partial charge in [0.25, 0.3) is 0 Å². The highest BCUT2D eigenvalue weighted by Gasteiger charge is 2.34. The van der Waals surface area contributed by atoms with E-state index in [0.29, 0.717) is 6.54 Å². The number of pyridine rings is 1. The summed E-state index contributed by atoms with van der Waals surface area (Å²) in [6.45, 7) is 4.32. The maximum absolute atomic E-state index is 13.1. The first-order chi connectivity index (χ1) is 10.0. The molecular formula is C15H23FN4O. The van der Waals surface area contributed by atoms with Crippen molar-refractivity contribution in [2.24, 2.45) is 0 Å². The minimum atomic E-state index is -0.338. The van der Waals surface area contributed by atoms with Crippen molar-refractivity contribution in [3.63, 3.8) is 0 Å². The van der Waals surface area contributed by atoms with Crippen LogP contribution >= 0.6 is 0 Å². The molecule has 0 saturated carbocycles. The zero-order chi connectivity index (χ0) is 15.4. The third-order valence-electron chi connectivity index (χ3n) is 3.89. The van der Waals surface area contributed by atoms with E-state index in [0.717, 1.165) is 25.2 Å². The number of amides is 1. The molecule has 1 aromatic rings. The molecule has 1 N–H and O–H groups in total. The number of piperazine rings is 1. The molecule has 1 aromatic heterocycles. The van der Waals surface area contributed by atoms with Gasteiger partial charge in [-0.05, 0) is 18.6 Å². The Morgan fingerprint density at radius 3 is 2.90 bits per heavy atom. The van der Waals surface area contributed by atoms with Gasteiger partial charge in [-0.1, -0.05) is 6.92 Å². The van der Waals surface area contributed by atoms with Crippen LogP contribution < -0.4 is 5.32 Å². The lowest BCUT2D eigenvalue weighted by atomic mass is 10.0. The van der Waals surface area contributed by atoms with Crippen LogP contribution in [-0.2, 0) is 4.79 Å². The molecule has 21 heavy (non-hydrogen) atoms. The van der Waals surface area contributed by atoms with E-state index in [1.54, 1.807) is 25.1 Å². The lowest BCUT2D eigenvalue weighted by Crippen LogP contribution is -2.58. The number of nitrogens with one attached hydrogen (secondary N) is 1. The lowest BCUT2D eigenvalue weighted by molar-refractivity contribution is -0.136. The van der Waals surface area contributed by atoms with Gasteiger partial charge in [0.15, 0.2) is 0 Å². The fourth-order valence-electron chi connectivity index (χ4n) is 2.82. The summed E-state index contributed by atoms with van der Waals surface area (Å²) >= 11 is 0. The first-order valence-electron chi connectivity index (χ1n) is 7.33. The second-order valence-electron chi connectivity index (χ2n) is 5.52. The first kappa shape index (κ1) is 15.9. The van der Waals surface area contributed by atoms with Crippen LogP contribution in [0.5, 0.6) is 0 Å². The van der Waals surface area contributed by atoms with Gasteiger partial charge in [0.2, 0.25) is 5.91 Å². The number of carbonyl (C=O) groups is 1. The molecule has 2 unspecified atom stereocenters. The number of nitrogens with zero attached hydrogens (tertiary/aromatic N) is 3. The normalized spacial score (nSPS) is 21.0. The Morgan fingerprint density at radius 2 is 2.33 bits per heavy atom. The van der Waals surface area contributed by atoms with Gasteiger partial charge in [0.1, 0.15) is 11.9 Å². The predicted octanol–water partition coefficient (Wildman–Crippen LogP) is 1.03. The SMILES string of the molecule is CCC(c1ccc(F)cn1)N1CCNCC1C(=O)N(C)C. The van der Waals surface area contributed by atoms with E-state index >= 15 is 0 Å². The Kier molecular flexibility index (Phi) is 5.25. The summed E-state index contributed by atoms with van der Waals surface area (Å²) in [5.41, 5.74) is 0.817. The van der Waals surface area contributed by atoms with Crippen molar-refractivity contribution in [2.75, 3.05) is 33.7 Å². The van der Waals surface area contributed by atoms with Crippen LogP contribution in [0.3, 0.4) is 0 Å². The molecule has 0 aromatic carbocycles. The summed E-state index contributed by atoms with van der Waals surface area (Å²) in [4.78, 5) is 20.4. The first-order valence-corrected chi connectivity index (χ1v) is 7.33. The van der Waals surface area contributed by atoms with Crippen molar-refractivity contribution in [1.82, 2.24) is 20.1 Å². The highest BCUT2D eigenvalue weighted by molar-refractivity contribution is 5.81. The van der Waals surface area contributed by atoms with Crippen molar-refractivity contribution in [2.45, 2.75) is 25.4 Å². The van der Waals surface area contributed by atoms with Crippen molar-refractivity contribution >= 4 is 5.91 Å². The Balaban J connectivity index is 2.25. The van der Waals surface area contributed by atoms with E-state index in [4.69, 9.17) is 0 Å². The van der Waals surface area contributed by atoms with Crippen LogP contribution in [0.1, 0.15) is 25.1 Å². The highest BCUT2D eigenvalue weighted by Crippen LogP contribution is 2.26. The van der Waals surface area contributed by atoms with Gasteiger partial charge in [-0.2, -0.15) is 0 Å². The smallest absolute Gasteiger partial charge is 0.240 e. The third-order valence-corrected chi connectivity index (χ3v) is 3.89. The molecule has 1 saturated heterocycles. The zero-order valence-corrected chi connectivity index (χ0v) is 12.8. The van der Waals surface area contributed by atoms with Crippen LogP contribution in [0.15, 0.2) is 18.3 Å². The van der Waals surface area contributed by atoms with E-state index in [1.165, 1.54) is 12.3 Å². The molecular weight excluding hydrogens is 271 g/mol. The molecule has 2 atom stereocenters. The summed E-state index contributed by atoms with van der Waals surface area (Å²) < 4.78 is 13.1. The van der Waals surface area contributed by atoms with E-state index in [-0.39, 0.29) is 23.8 Å². The summed E-state index contributed by atoms with van der Waals surface area (Å²) in [6.07, 6.45) is 2.07. The van der Waals surface area contributed by atoms with Gasteiger partial charge >= 0.3 is 0 Å². The number of halogens is 1. The fraction of sp³-hybridized carbons (Fsp3) is 0.600. The van der Waals surface area contributed by atoms with Crippen LogP contribution in [0.4, 0.5) is 4.39 Å². The largest absolute Gasteiger partial charge is 0.347 e. The number of hydrogen-bond donors (Lipinski definition) is 1. The average Bonchev–Trinajstić information content (AvgIpc) is 2.49. The average molecular weight is 294 g/mol. The van der Waals surface area contributed by atoms with Gasteiger partial charge in [0, 0.05) is 33.7 Å². The molecule has 1 aliphatic heterocycles. The van der Waals surface area contributed by atoms with E-state index in [9.17, 15) is 9.18 Å². The standard InChI is InChI=1S/C15H23FN4O/c1-4-13(12-6-5-11(16)9-18-12)20-8-7-17-10-14(20)15(21)19(2)3/h5-6,9,13-14,17H,4,7-8,10H2,1-3H3. The Bertz CT molecular complexity index is 477. The van der Waals surface area contributed by atoms with Crippen molar-refractivity contribution in [3.8, 4) is 0 Å². The molecule has 5 nitrogen and oxygen atoms in total. The maximum atomic E-state index is 13.1. The van der Waals surface area contributed by atoms with Gasteiger partial charge in [-0.15, -0.1) is 0 Å². The molecule has 0 spiro atoms. The van der Waals surface area contributed by atoms with Gasteiger partial charge in [0.05, 0.1) is 17.9 Å². The highest BCUT2D eigenvalue weighted by atomic mass is 19.1. The summed E-state index contributed by atoms with van der Waals surface area (Å²) in [6, 6.07) is 2.96. The minimum absolute atomic E-state index is 0.0293. The van der Waals surface area contributed by atoms with Gasteiger partial charge < -0.3 is 10.2 Å². The van der Waals surface area contributed by atoms with Crippen LogP contribution in [0.25, 0.3) is 0 Å². The number of rotatable bonds is 4. The molecule has 2 rings (SSSR count). The Morgan fingerprint density at radius 1 is 1.57 bits per heavy atom. The minimum Gasteiger partial charge on any atom is -0.347 e. The maximum Gasteiger partial charge on any atom is 0.240 e. The summed E-state index contributed by atoms with van der Waals surface area (Å²) in [7, 11) is 3.54. The van der Waals surface area contributed by atoms with Crippen molar-refractivity contribution in [1.29, 1.82) is 0 Å². The number of hydrogen-bond acceptors (Lipinski definition) is 4. The number of likely N-dealkylation sites (N-methyl/N-ethyl adjacent to an activating group) is 1.